The van der Waals surface area contributed by atoms with E-state index < -0.39 is 42.1 Å². The minimum absolute atomic E-state index is 0.0457. The standard InChI is InChI=1S/C18H24F3NO5/c1-3-8-25-16-11(2)26-17(23)14(22)9-24-10-15(16)27-13-6-4-12(5-7-13)18(19,20)21/h4-7,11,14-16H,3,8-10,22H2,1-2H3/t11-,14-,15-,16-/m0/s1. The molecule has 2 rings (SSSR count). The molecule has 9 heteroatoms. The van der Waals surface area contributed by atoms with Crippen LogP contribution in [0.1, 0.15) is 25.8 Å². The van der Waals surface area contributed by atoms with Crippen LogP contribution in [0.25, 0.3) is 0 Å². The van der Waals surface area contributed by atoms with Crippen LogP contribution in [-0.4, -0.2) is 50.1 Å². The van der Waals surface area contributed by atoms with Gasteiger partial charge >= 0.3 is 12.1 Å². The van der Waals surface area contributed by atoms with Crippen molar-refractivity contribution in [1.82, 2.24) is 0 Å². The van der Waals surface area contributed by atoms with Crippen LogP contribution in [0.15, 0.2) is 24.3 Å². The molecule has 0 aromatic heterocycles. The third-order valence-electron chi connectivity index (χ3n) is 4.00. The molecule has 6 nitrogen and oxygen atoms in total. The molecule has 1 aromatic carbocycles. The summed E-state index contributed by atoms with van der Waals surface area (Å²) < 4.78 is 60.5. The minimum Gasteiger partial charge on any atom is -0.485 e. The number of alkyl halides is 3. The van der Waals surface area contributed by atoms with Crippen LogP contribution in [0, 0.1) is 0 Å². The lowest BCUT2D eigenvalue weighted by atomic mass is 10.1. The van der Waals surface area contributed by atoms with E-state index in [0.717, 1.165) is 18.6 Å². The van der Waals surface area contributed by atoms with E-state index in [0.29, 0.717) is 6.61 Å². The normalized spacial score (nSPS) is 27.3. The molecule has 1 aliphatic rings. The Kier molecular flexibility index (Phi) is 7.46. The van der Waals surface area contributed by atoms with E-state index >= 15 is 0 Å². The van der Waals surface area contributed by atoms with Crippen LogP contribution in [0.4, 0.5) is 13.2 Å². The molecule has 1 fully saturated rings. The molecule has 0 radical (unpaired) electrons. The highest BCUT2D eigenvalue weighted by Gasteiger charge is 2.35. The molecule has 1 saturated heterocycles. The number of carbonyl (C=O) groups is 1. The summed E-state index contributed by atoms with van der Waals surface area (Å²) in [4.78, 5) is 11.9. The monoisotopic (exact) mass is 391 g/mol. The Labute approximate surface area is 155 Å². The second-order valence-corrected chi connectivity index (χ2v) is 6.30. The van der Waals surface area contributed by atoms with E-state index in [-0.39, 0.29) is 19.0 Å². The van der Waals surface area contributed by atoms with Crippen LogP contribution in [0.5, 0.6) is 5.75 Å². The number of hydrogen-bond donors (Lipinski definition) is 1. The highest BCUT2D eigenvalue weighted by Crippen LogP contribution is 2.30. The molecule has 1 aliphatic heterocycles. The summed E-state index contributed by atoms with van der Waals surface area (Å²) in [6.07, 6.45) is -5.73. The number of hydrogen-bond acceptors (Lipinski definition) is 6. The largest absolute Gasteiger partial charge is 0.485 e. The Morgan fingerprint density at radius 2 is 1.89 bits per heavy atom. The van der Waals surface area contributed by atoms with Crippen LogP contribution >= 0.6 is 0 Å². The molecule has 0 bridgehead atoms. The third kappa shape index (κ3) is 6.08. The highest BCUT2D eigenvalue weighted by molar-refractivity contribution is 5.75. The van der Waals surface area contributed by atoms with E-state index in [9.17, 15) is 18.0 Å². The van der Waals surface area contributed by atoms with E-state index in [1.807, 2.05) is 6.92 Å². The van der Waals surface area contributed by atoms with Gasteiger partial charge in [-0.2, -0.15) is 13.2 Å². The first kappa shape index (κ1) is 21.5. The Hall–Kier alpha value is -1.84. The van der Waals surface area contributed by atoms with E-state index in [1.165, 1.54) is 12.1 Å². The lowest BCUT2D eigenvalue weighted by molar-refractivity contribution is -0.161. The first-order valence-corrected chi connectivity index (χ1v) is 8.71. The Balaban J connectivity index is 2.19. The summed E-state index contributed by atoms with van der Waals surface area (Å²) in [5, 5.41) is 0. The van der Waals surface area contributed by atoms with Gasteiger partial charge in [0.05, 0.1) is 18.8 Å². The van der Waals surface area contributed by atoms with Crippen LogP contribution in [0.2, 0.25) is 0 Å². The van der Waals surface area contributed by atoms with Crippen molar-refractivity contribution in [3.8, 4) is 5.75 Å². The van der Waals surface area contributed by atoms with Crippen LogP contribution in [-0.2, 0) is 25.2 Å². The molecule has 0 spiro atoms. The van der Waals surface area contributed by atoms with Crippen molar-refractivity contribution in [3.05, 3.63) is 29.8 Å². The van der Waals surface area contributed by atoms with Crippen molar-refractivity contribution in [1.29, 1.82) is 0 Å². The summed E-state index contributed by atoms with van der Waals surface area (Å²) in [6, 6.07) is 3.41. The van der Waals surface area contributed by atoms with Crippen molar-refractivity contribution in [2.75, 3.05) is 19.8 Å². The maximum atomic E-state index is 12.7. The van der Waals surface area contributed by atoms with Gasteiger partial charge in [0.2, 0.25) is 0 Å². The van der Waals surface area contributed by atoms with Crippen molar-refractivity contribution in [2.24, 2.45) is 5.73 Å². The summed E-state index contributed by atoms with van der Waals surface area (Å²) in [6.45, 7) is 3.96. The van der Waals surface area contributed by atoms with E-state index in [4.69, 9.17) is 24.7 Å². The third-order valence-corrected chi connectivity index (χ3v) is 4.00. The van der Waals surface area contributed by atoms with Gasteiger partial charge in [-0.1, -0.05) is 6.92 Å². The predicted octanol–water partition coefficient (Wildman–Crippen LogP) is 2.54. The van der Waals surface area contributed by atoms with Gasteiger partial charge in [-0.15, -0.1) is 0 Å². The lowest BCUT2D eigenvalue weighted by Crippen LogP contribution is -2.46. The molecule has 0 unspecified atom stereocenters. The summed E-state index contributed by atoms with van der Waals surface area (Å²) in [5.74, 6) is -0.383. The zero-order chi connectivity index (χ0) is 20.0. The number of ether oxygens (including phenoxy) is 4. The molecule has 152 valence electrons. The van der Waals surface area contributed by atoms with E-state index in [1.54, 1.807) is 6.92 Å². The molecule has 1 heterocycles. The first-order chi connectivity index (χ1) is 12.7. The Morgan fingerprint density at radius 3 is 2.48 bits per heavy atom. The quantitative estimate of drug-likeness (QED) is 0.777. The average Bonchev–Trinajstić information content (AvgIpc) is 2.64. The van der Waals surface area contributed by atoms with Crippen LogP contribution < -0.4 is 10.5 Å². The minimum atomic E-state index is -4.43. The number of rotatable bonds is 5. The molecular formula is C18H24F3NO5. The molecule has 27 heavy (non-hydrogen) atoms. The number of benzene rings is 1. The maximum absolute atomic E-state index is 12.7. The van der Waals surface area contributed by atoms with Gasteiger partial charge in [0.1, 0.15) is 24.0 Å². The summed E-state index contributed by atoms with van der Waals surface area (Å²) >= 11 is 0. The Morgan fingerprint density at radius 1 is 1.22 bits per heavy atom. The second kappa shape index (κ2) is 9.38. The Bertz CT molecular complexity index is 608. The number of cyclic esters (lactones) is 1. The topological polar surface area (TPSA) is 80.0 Å². The molecule has 0 aliphatic carbocycles. The zero-order valence-electron chi connectivity index (χ0n) is 15.2. The molecule has 1 aromatic rings. The van der Waals surface area contributed by atoms with Crippen LogP contribution in [0.3, 0.4) is 0 Å². The average molecular weight is 391 g/mol. The fourth-order valence-corrected chi connectivity index (χ4v) is 2.61. The van der Waals surface area contributed by atoms with Crippen molar-refractivity contribution in [2.45, 2.75) is 50.8 Å². The molecule has 2 N–H and O–H groups in total. The smallest absolute Gasteiger partial charge is 0.416 e. The second-order valence-electron chi connectivity index (χ2n) is 6.30. The number of nitrogens with two attached hydrogens (primary N) is 1. The molecule has 4 atom stereocenters. The van der Waals surface area contributed by atoms with Crippen molar-refractivity contribution in [3.63, 3.8) is 0 Å². The van der Waals surface area contributed by atoms with Gasteiger partial charge in [-0.05, 0) is 37.6 Å². The van der Waals surface area contributed by atoms with Gasteiger partial charge in [-0.3, -0.25) is 4.79 Å². The zero-order valence-corrected chi connectivity index (χ0v) is 15.2. The number of carbonyl (C=O) groups excluding carboxylic acids is 1. The number of halogens is 3. The van der Waals surface area contributed by atoms with Gasteiger partial charge in [0.15, 0.2) is 6.10 Å². The molecular weight excluding hydrogens is 367 g/mol. The van der Waals surface area contributed by atoms with Crippen molar-refractivity contribution < 1.29 is 36.9 Å². The number of esters is 1. The molecule has 0 saturated carbocycles. The highest BCUT2D eigenvalue weighted by atomic mass is 19.4. The van der Waals surface area contributed by atoms with Gasteiger partial charge in [-0.25, -0.2) is 0 Å². The first-order valence-electron chi connectivity index (χ1n) is 8.71. The van der Waals surface area contributed by atoms with Gasteiger partial charge < -0.3 is 24.7 Å². The fraction of sp³-hybridized carbons (Fsp3) is 0.611. The fourth-order valence-electron chi connectivity index (χ4n) is 2.61. The summed E-state index contributed by atoms with van der Waals surface area (Å²) in [7, 11) is 0. The van der Waals surface area contributed by atoms with E-state index in [2.05, 4.69) is 0 Å². The SMILES string of the molecule is CCCO[C@H]1[C@H](C)OC(=O)[C@@H](N)COC[C@@H]1Oc1ccc(C(F)(F)F)cc1. The van der Waals surface area contributed by atoms with Gasteiger partial charge in [0, 0.05) is 6.61 Å². The summed E-state index contributed by atoms with van der Waals surface area (Å²) in [5.41, 5.74) is 4.92. The van der Waals surface area contributed by atoms with Gasteiger partial charge in [0.25, 0.3) is 0 Å². The van der Waals surface area contributed by atoms with Crippen molar-refractivity contribution >= 4 is 5.97 Å². The maximum Gasteiger partial charge on any atom is 0.416 e. The molecule has 0 amide bonds. The predicted molar refractivity (Wildman–Crippen MR) is 90.2 cm³/mol. The lowest BCUT2D eigenvalue weighted by Gasteiger charge is -2.30.